The van der Waals surface area contributed by atoms with Crippen LogP contribution in [-0.2, 0) is 13.0 Å². The van der Waals surface area contributed by atoms with E-state index < -0.39 is 0 Å². The predicted octanol–water partition coefficient (Wildman–Crippen LogP) is 0.882. The van der Waals surface area contributed by atoms with Gasteiger partial charge in [-0.15, -0.1) is 11.3 Å². The lowest BCUT2D eigenvalue weighted by Crippen LogP contribution is -2.27. The highest BCUT2D eigenvalue weighted by Crippen LogP contribution is 2.15. The van der Waals surface area contributed by atoms with E-state index in [4.69, 9.17) is 10.2 Å². The standard InChI is InChI=1S/C11H20N2O2S/c1-2-11-12-8-10(16-11)9-13(5-7-15)4-3-6-14/h8,14-15H,2-7,9H2,1H3. The van der Waals surface area contributed by atoms with Crippen molar-refractivity contribution in [2.75, 3.05) is 26.3 Å². The molecule has 0 spiro atoms. The second-order valence-electron chi connectivity index (χ2n) is 3.65. The van der Waals surface area contributed by atoms with E-state index in [0.29, 0.717) is 6.54 Å². The predicted molar refractivity (Wildman–Crippen MR) is 65.6 cm³/mol. The Labute approximate surface area is 101 Å². The summed E-state index contributed by atoms with van der Waals surface area (Å²) in [7, 11) is 0. The molecule has 0 radical (unpaired) electrons. The minimum absolute atomic E-state index is 0.158. The lowest BCUT2D eigenvalue weighted by molar-refractivity contribution is 0.175. The van der Waals surface area contributed by atoms with Crippen molar-refractivity contribution in [1.82, 2.24) is 9.88 Å². The first-order chi connectivity index (χ1) is 7.80. The molecular formula is C11H20N2O2S. The molecule has 0 bridgehead atoms. The molecule has 1 heterocycles. The van der Waals surface area contributed by atoms with Crippen LogP contribution in [0.4, 0.5) is 0 Å². The van der Waals surface area contributed by atoms with Crippen molar-refractivity contribution in [2.24, 2.45) is 0 Å². The second kappa shape index (κ2) is 7.73. The van der Waals surface area contributed by atoms with Crippen LogP contribution < -0.4 is 0 Å². The van der Waals surface area contributed by atoms with Crippen molar-refractivity contribution in [2.45, 2.75) is 26.3 Å². The quantitative estimate of drug-likeness (QED) is 0.713. The molecule has 0 unspecified atom stereocenters. The number of hydrogen-bond donors (Lipinski definition) is 2. The Balaban J connectivity index is 2.46. The Hall–Kier alpha value is -0.490. The maximum atomic E-state index is 8.95. The molecule has 0 saturated heterocycles. The Bertz CT molecular complexity index is 291. The third-order valence-corrected chi connectivity index (χ3v) is 3.46. The molecular weight excluding hydrogens is 224 g/mol. The summed E-state index contributed by atoms with van der Waals surface area (Å²) in [5.74, 6) is 0. The third kappa shape index (κ3) is 4.57. The second-order valence-corrected chi connectivity index (χ2v) is 4.85. The van der Waals surface area contributed by atoms with Crippen molar-refractivity contribution in [3.05, 3.63) is 16.1 Å². The zero-order valence-corrected chi connectivity index (χ0v) is 10.5. The minimum Gasteiger partial charge on any atom is -0.396 e. The zero-order valence-electron chi connectivity index (χ0n) is 9.72. The van der Waals surface area contributed by atoms with Gasteiger partial charge in [0.15, 0.2) is 0 Å². The molecule has 0 amide bonds. The van der Waals surface area contributed by atoms with Gasteiger partial charge in [0.05, 0.1) is 11.6 Å². The first-order valence-electron chi connectivity index (χ1n) is 5.67. The van der Waals surface area contributed by atoms with Gasteiger partial charge >= 0.3 is 0 Å². The van der Waals surface area contributed by atoms with Crippen LogP contribution in [0.5, 0.6) is 0 Å². The van der Waals surface area contributed by atoms with Gasteiger partial charge in [0, 0.05) is 37.3 Å². The van der Waals surface area contributed by atoms with E-state index in [1.165, 1.54) is 4.88 Å². The van der Waals surface area contributed by atoms with Gasteiger partial charge in [-0.3, -0.25) is 4.90 Å². The Morgan fingerprint density at radius 2 is 2.12 bits per heavy atom. The van der Waals surface area contributed by atoms with Crippen LogP contribution in [0.3, 0.4) is 0 Å². The molecule has 0 saturated carbocycles. The first-order valence-corrected chi connectivity index (χ1v) is 6.49. The molecule has 0 fully saturated rings. The number of rotatable bonds is 8. The van der Waals surface area contributed by atoms with E-state index in [1.54, 1.807) is 11.3 Å². The first kappa shape index (κ1) is 13.6. The maximum Gasteiger partial charge on any atom is 0.0925 e. The van der Waals surface area contributed by atoms with Crippen LogP contribution in [0.2, 0.25) is 0 Å². The highest BCUT2D eigenvalue weighted by atomic mass is 32.1. The maximum absolute atomic E-state index is 8.95. The van der Waals surface area contributed by atoms with E-state index in [-0.39, 0.29) is 13.2 Å². The number of aliphatic hydroxyl groups is 2. The lowest BCUT2D eigenvalue weighted by atomic mass is 10.3. The van der Waals surface area contributed by atoms with Crippen molar-refractivity contribution < 1.29 is 10.2 Å². The fraction of sp³-hybridized carbons (Fsp3) is 0.727. The molecule has 0 atom stereocenters. The SMILES string of the molecule is CCc1ncc(CN(CCO)CCCO)s1. The highest BCUT2D eigenvalue weighted by Gasteiger charge is 2.07. The summed E-state index contributed by atoms with van der Waals surface area (Å²) in [4.78, 5) is 7.68. The highest BCUT2D eigenvalue weighted by molar-refractivity contribution is 7.11. The summed E-state index contributed by atoms with van der Waals surface area (Å²) in [5.41, 5.74) is 0. The van der Waals surface area contributed by atoms with Gasteiger partial charge in [-0.05, 0) is 12.8 Å². The molecule has 5 heteroatoms. The van der Waals surface area contributed by atoms with E-state index in [9.17, 15) is 0 Å². The monoisotopic (exact) mass is 244 g/mol. The zero-order chi connectivity index (χ0) is 11.8. The van der Waals surface area contributed by atoms with Gasteiger partial charge in [0.2, 0.25) is 0 Å². The Morgan fingerprint density at radius 3 is 2.69 bits per heavy atom. The molecule has 1 rings (SSSR count). The summed E-state index contributed by atoms with van der Waals surface area (Å²) in [6.45, 7) is 4.74. The fourth-order valence-electron chi connectivity index (χ4n) is 1.51. The lowest BCUT2D eigenvalue weighted by Gasteiger charge is -2.19. The Kier molecular flexibility index (Phi) is 6.56. The molecule has 1 aromatic rings. The average molecular weight is 244 g/mol. The molecule has 1 aromatic heterocycles. The largest absolute Gasteiger partial charge is 0.396 e. The summed E-state index contributed by atoms with van der Waals surface area (Å²) in [6, 6.07) is 0. The van der Waals surface area contributed by atoms with Gasteiger partial charge in [-0.2, -0.15) is 0 Å². The average Bonchev–Trinajstić information content (AvgIpc) is 2.74. The molecule has 0 aliphatic rings. The van der Waals surface area contributed by atoms with E-state index in [0.717, 1.165) is 30.9 Å². The molecule has 0 aliphatic heterocycles. The van der Waals surface area contributed by atoms with Crippen molar-refractivity contribution in [1.29, 1.82) is 0 Å². The number of thiazole rings is 1. The van der Waals surface area contributed by atoms with Crippen LogP contribution in [0.15, 0.2) is 6.20 Å². The third-order valence-electron chi connectivity index (χ3n) is 2.33. The number of nitrogens with zero attached hydrogens (tertiary/aromatic N) is 2. The molecule has 16 heavy (non-hydrogen) atoms. The minimum atomic E-state index is 0.158. The van der Waals surface area contributed by atoms with Crippen LogP contribution in [0.1, 0.15) is 23.2 Å². The van der Waals surface area contributed by atoms with Crippen LogP contribution in [0.25, 0.3) is 0 Å². The topological polar surface area (TPSA) is 56.6 Å². The van der Waals surface area contributed by atoms with Gasteiger partial charge in [0.1, 0.15) is 0 Å². The summed E-state index contributed by atoms with van der Waals surface area (Å²) in [5, 5.41) is 18.9. The molecule has 4 nitrogen and oxygen atoms in total. The number of aliphatic hydroxyl groups excluding tert-OH is 2. The number of aromatic nitrogens is 1. The van der Waals surface area contributed by atoms with E-state index in [1.807, 2.05) is 6.20 Å². The van der Waals surface area contributed by atoms with Crippen molar-refractivity contribution in [3.63, 3.8) is 0 Å². The Morgan fingerprint density at radius 1 is 1.31 bits per heavy atom. The summed E-state index contributed by atoms with van der Waals surface area (Å²) in [6.07, 6.45) is 3.63. The van der Waals surface area contributed by atoms with Crippen molar-refractivity contribution >= 4 is 11.3 Å². The number of hydrogen-bond acceptors (Lipinski definition) is 5. The molecule has 0 aliphatic carbocycles. The smallest absolute Gasteiger partial charge is 0.0925 e. The van der Waals surface area contributed by atoms with Crippen LogP contribution in [0, 0.1) is 0 Å². The van der Waals surface area contributed by atoms with Crippen LogP contribution in [-0.4, -0.2) is 46.4 Å². The molecule has 0 aromatic carbocycles. The van der Waals surface area contributed by atoms with E-state index in [2.05, 4.69) is 16.8 Å². The summed E-state index contributed by atoms with van der Waals surface area (Å²) >= 11 is 1.72. The van der Waals surface area contributed by atoms with Crippen LogP contribution >= 0.6 is 11.3 Å². The van der Waals surface area contributed by atoms with Gasteiger partial charge in [-0.25, -0.2) is 4.98 Å². The summed E-state index contributed by atoms with van der Waals surface area (Å²) < 4.78 is 0. The van der Waals surface area contributed by atoms with Gasteiger partial charge < -0.3 is 10.2 Å². The van der Waals surface area contributed by atoms with E-state index >= 15 is 0 Å². The molecule has 2 N–H and O–H groups in total. The van der Waals surface area contributed by atoms with Crippen molar-refractivity contribution in [3.8, 4) is 0 Å². The fourth-order valence-corrected chi connectivity index (χ4v) is 2.42. The molecule has 92 valence electrons. The number of aryl methyl sites for hydroxylation is 1. The van der Waals surface area contributed by atoms with Gasteiger partial charge in [0.25, 0.3) is 0 Å². The normalized spacial score (nSPS) is 11.2. The van der Waals surface area contributed by atoms with Gasteiger partial charge in [-0.1, -0.05) is 6.92 Å².